The first-order chi connectivity index (χ1) is 9.69. The molecule has 1 aliphatic heterocycles. The predicted molar refractivity (Wildman–Crippen MR) is 82.5 cm³/mol. The van der Waals surface area contributed by atoms with E-state index in [4.69, 9.17) is 4.74 Å². The van der Waals surface area contributed by atoms with Crippen LogP contribution in [0.1, 0.15) is 31.4 Å². The van der Waals surface area contributed by atoms with Crippen molar-refractivity contribution in [2.45, 2.75) is 31.9 Å². The third-order valence-electron chi connectivity index (χ3n) is 3.43. The summed E-state index contributed by atoms with van der Waals surface area (Å²) in [5.41, 5.74) is 1.13. The van der Waals surface area contributed by atoms with Crippen LogP contribution in [0.25, 0.3) is 0 Å². The molecule has 0 radical (unpaired) electrons. The van der Waals surface area contributed by atoms with Crippen LogP contribution >= 0.6 is 15.9 Å². The van der Waals surface area contributed by atoms with E-state index < -0.39 is 0 Å². The molecule has 1 aromatic rings. The first kappa shape index (κ1) is 15.5. The number of benzene rings is 1. The van der Waals surface area contributed by atoms with Gasteiger partial charge in [-0.25, -0.2) is 0 Å². The van der Waals surface area contributed by atoms with Gasteiger partial charge in [-0.2, -0.15) is 0 Å². The van der Waals surface area contributed by atoms with Gasteiger partial charge in [0.25, 0.3) is 0 Å². The van der Waals surface area contributed by atoms with Crippen molar-refractivity contribution in [2.75, 3.05) is 19.7 Å². The molecule has 2 N–H and O–H groups in total. The van der Waals surface area contributed by atoms with Gasteiger partial charge in [-0.1, -0.05) is 35.0 Å². The quantitative estimate of drug-likeness (QED) is 0.865. The second-order valence-electron chi connectivity index (χ2n) is 4.98. The molecule has 1 amide bonds. The van der Waals surface area contributed by atoms with Gasteiger partial charge >= 0.3 is 0 Å². The minimum Gasteiger partial charge on any atom is -0.375 e. The molecule has 1 aliphatic rings. The summed E-state index contributed by atoms with van der Waals surface area (Å²) < 4.78 is 6.60. The maximum absolute atomic E-state index is 12.1. The fraction of sp³-hybridized carbons (Fsp3) is 0.533. The van der Waals surface area contributed by atoms with E-state index >= 15 is 0 Å². The van der Waals surface area contributed by atoms with Crippen LogP contribution in [0, 0.1) is 0 Å². The average molecular weight is 341 g/mol. The highest BCUT2D eigenvalue weighted by Crippen LogP contribution is 2.19. The molecule has 1 saturated heterocycles. The van der Waals surface area contributed by atoms with E-state index in [0.29, 0.717) is 13.0 Å². The zero-order valence-corrected chi connectivity index (χ0v) is 13.3. The number of hydrogen-bond acceptors (Lipinski definition) is 3. The summed E-state index contributed by atoms with van der Waals surface area (Å²) in [5, 5.41) is 6.32. The van der Waals surface area contributed by atoms with Crippen molar-refractivity contribution in [1.29, 1.82) is 0 Å². The van der Waals surface area contributed by atoms with E-state index in [0.717, 1.165) is 29.5 Å². The third kappa shape index (κ3) is 4.58. The minimum atomic E-state index is -0.00817. The van der Waals surface area contributed by atoms with Gasteiger partial charge in [-0.15, -0.1) is 0 Å². The predicted octanol–water partition coefficient (Wildman–Crippen LogP) is 2.39. The van der Waals surface area contributed by atoms with Crippen LogP contribution < -0.4 is 10.6 Å². The molecule has 0 aromatic heterocycles. The third-order valence-corrected chi connectivity index (χ3v) is 3.96. The van der Waals surface area contributed by atoms with Crippen LogP contribution in [0.5, 0.6) is 0 Å². The normalized spacial score (nSPS) is 20.4. The molecular formula is C15H21BrN2O2. The summed E-state index contributed by atoms with van der Waals surface area (Å²) in [6.45, 7) is 4.38. The summed E-state index contributed by atoms with van der Waals surface area (Å²) >= 11 is 3.42. The maximum Gasteiger partial charge on any atom is 0.223 e. The molecule has 1 aromatic carbocycles. The van der Waals surface area contributed by atoms with Gasteiger partial charge in [0.05, 0.1) is 25.2 Å². The van der Waals surface area contributed by atoms with Gasteiger partial charge in [-0.05, 0) is 24.1 Å². The molecule has 1 heterocycles. The molecule has 0 unspecified atom stereocenters. The van der Waals surface area contributed by atoms with Crippen molar-refractivity contribution < 1.29 is 9.53 Å². The van der Waals surface area contributed by atoms with Crippen molar-refractivity contribution in [3.8, 4) is 0 Å². The van der Waals surface area contributed by atoms with Crippen LogP contribution in [0.15, 0.2) is 28.7 Å². The van der Waals surface area contributed by atoms with E-state index in [-0.39, 0.29) is 18.1 Å². The van der Waals surface area contributed by atoms with Crippen molar-refractivity contribution in [1.82, 2.24) is 10.6 Å². The van der Waals surface area contributed by atoms with Gasteiger partial charge in [0.2, 0.25) is 5.91 Å². The van der Waals surface area contributed by atoms with Crippen molar-refractivity contribution >= 4 is 21.8 Å². The molecule has 20 heavy (non-hydrogen) atoms. The monoisotopic (exact) mass is 340 g/mol. The molecule has 2 atom stereocenters. The Hall–Kier alpha value is -0.910. The van der Waals surface area contributed by atoms with E-state index in [1.165, 1.54) is 0 Å². The number of carbonyl (C=O) groups is 1. The molecule has 0 bridgehead atoms. The molecule has 0 aliphatic carbocycles. The second-order valence-corrected chi connectivity index (χ2v) is 5.90. The Balaban J connectivity index is 1.88. The Morgan fingerprint density at radius 2 is 2.25 bits per heavy atom. The largest absolute Gasteiger partial charge is 0.375 e. The molecule has 5 heteroatoms. The lowest BCUT2D eigenvalue weighted by molar-refractivity contribution is -0.125. The molecule has 0 saturated carbocycles. The zero-order chi connectivity index (χ0) is 14.4. The second kappa shape index (κ2) is 7.76. The maximum atomic E-state index is 12.1. The standard InChI is InChI=1S/C15H21BrN2O2/c1-2-14(11-3-5-12(16)6-4-11)18-15(19)9-13-10-17-7-8-20-13/h3-6,13-14,17H,2,7-10H2,1H3,(H,18,19)/t13-,14+/m0/s1. The number of morpholine rings is 1. The van der Waals surface area contributed by atoms with Crippen LogP contribution in [0.4, 0.5) is 0 Å². The van der Waals surface area contributed by atoms with Crippen LogP contribution in [0.2, 0.25) is 0 Å². The Kier molecular flexibility index (Phi) is 6.01. The number of halogens is 1. The fourth-order valence-corrected chi connectivity index (χ4v) is 2.59. The van der Waals surface area contributed by atoms with Crippen LogP contribution in [-0.4, -0.2) is 31.7 Å². The van der Waals surface area contributed by atoms with Gasteiger partial charge < -0.3 is 15.4 Å². The number of amides is 1. The highest BCUT2D eigenvalue weighted by atomic mass is 79.9. The van der Waals surface area contributed by atoms with Gasteiger partial charge in [0.1, 0.15) is 0 Å². The zero-order valence-electron chi connectivity index (χ0n) is 11.7. The summed E-state index contributed by atoms with van der Waals surface area (Å²) in [7, 11) is 0. The molecule has 4 nitrogen and oxygen atoms in total. The van der Waals surface area contributed by atoms with Gasteiger partial charge in [0, 0.05) is 17.6 Å². The first-order valence-electron chi connectivity index (χ1n) is 7.06. The van der Waals surface area contributed by atoms with Gasteiger partial charge in [-0.3, -0.25) is 4.79 Å². The van der Waals surface area contributed by atoms with E-state index in [1.54, 1.807) is 0 Å². The minimum absolute atomic E-state index is 0.00817. The van der Waals surface area contributed by atoms with E-state index in [9.17, 15) is 4.79 Å². The summed E-state index contributed by atoms with van der Waals surface area (Å²) in [6, 6.07) is 8.14. The Morgan fingerprint density at radius 3 is 2.85 bits per heavy atom. The number of rotatable bonds is 5. The van der Waals surface area contributed by atoms with Crippen molar-refractivity contribution in [3.05, 3.63) is 34.3 Å². The summed E-state index contributed by atoms with van der Waals surface area (Å²) in [6.07, 6.45) is 1.28. The molecule has 110 valence electrons. The Bertz CT molecular complexity index is 430. The van der Waals surface area contributed by atoms with Crippen molar-refractivity contribution in [2.24, 2.45) is 0 Å². The van der Waals surface area contributed by atoms with Crippen LogP contribution in [0.3, 0.4) is 0 Å². The lowest BCUT2D eigenvalue weighted by atomic mass is 10.0. The Labute approximate surface area is 128 Å². The molecule has 0 spiro atoms. The Morgan fingerprint density at radius 1 is 1.50 bits per heavy atom. The summed E-state index contributed by atoms with van der Waals surface area (Å²) in [4.78, 5) is 12.1. The number of hydrogen-bond donors (Lipinski definition) is 2. The van der Waals surface area contributed by atoms with E-state index in [2.05, 4.69) is 33.5 Å². The average Bonchev–Trinajstić information content (AvgIpc) is 2.47. The SMILES string of the molecule is CC[C@@H](NC(=O)C[C@H]1CNCCO1)c1ccc(Br)cc1. The van der Waals surface area contributed by atoms with Gasteiger partial charge in [0.15, 0.2) is 0 Å². The topological polar surface area (TPSA) is 50.4 Å². The highest BCUT2D eigenvalue weighted by Gasteiger charge is 2.19. The number of ether oxygens (including phenoxy) is 1. The fourth-order valence-electron chi connectivity index (χ4n) is 2.33. The molecule has 1 fully saturated rings. The number of carbonyl (C=O) groups excluding carboxylic acids is 1. The van der Waals surface area contributed by atoms with Crippen LogP contribution in [-0.2, 0) is 9.53 Å². The molecule has 2 rings (SSSR count). The number of nitrogens with one attached hydrogen (secondary N) is 2. The lowest BCUT2D eigenvalue weighted by Gasteiger charge is -2.24. The molecular weight excluding hydrogens is 320 g/mol. The lowest BCUT2D eigenvalue weighted by Crippen LogP contribution is -2.41. The van der Waals surface area contributed by atoms with E-state index in [1.807, 2.05) is 24.3 Å². The van der Waals surface area contributed by atoms with Crippen molar-refractivity contribution in [3.63, 3.8) is 0 Å². The first-order valence-corrected chi connectivity index (χ1v) is 7.85. The smallest absolute Gasteiger partial charge is 0.223 e. The summed E-state index contributed by atoms with van der Waals surface area (Å²) in [5.74, 6) is 0.0495. The highest BCUT2D eigenvalue weighted by molar-refractivity contribution is 9.10.